The zero-order chi connectivity index (χ0) is 23.8. The molecule has 0 unspecified atom stereocenters. The smallest absolute Gasteiger partial charge is 0.193 e. The SMILES string of the molecule is N#CCC1CCC(n2c(-c3ccc(C(=O)c4ccccc4)cc3)nc3cnc4[nH]ccc4c32)CC1. The van der Waals surface area contributed by atoms with Crippen LogP contribution in [0, 0.1) is 17.2 Å². The first-order valence-corrected chi connectivity index (χ1v) is 12.1. The number of rotatable bonds is 5. The van der Waals surface area contributed by atoms with Crippen LogP contribution in [0.15, 0.2) is 73.1 Å². The summed E-state index contributed by atoms with van der Waals surface area (Å²) in [5.41, 5.74) is 5.15. The van der Waals surface area contributed by atoms with E-state index in [2.05, 4.69) is 26.7 Å². The van der Waals surface area contributed by atoms with Gasteiger partial charge in [-0.25, -0.2) is 9.97 Å². The molecule has 1 aliphatic rings. The lowest BCUT2D eigenvalue weighted by Gasteiger charge is -2.30. The summed E-state index contributed by atoms with van der Waals surface area (Å²) in [6.07, 6.45) is 8.51. The number of ketones is 1. The predicted molar refractivity (Wildman–Crippen MR) is 136 cm³/mol. The van der Waals surface area contributed by atoms with Crippen molar-refractivity contribution >= 4 is 27.9 Å². The Kier molecular flexibility index (Phi) is 5.38. The molecule has 2 aromatic carbocycles. The molecule has 0 saturated heterocycles. The summed E-state index contributed by atoms with van der Waals surface area (Å²) in [5.74, 6) is 1.39. The zero-order valence-corrected chi connectivity index (χ0v) is 19.3. The fourth-order valence-corrected chi connectivity index (χ4v) is 5.41. The van der Waals surface area contributed by atoms with E-state index < -0.39 is 0 Å². The highest BCUT2D eigenvalue weighted by Crippen LogP contribution is 2.40. The van der Waals surface area contributed by atoms with Crippen LogP contribution in [0.4, 0.5) is 0 Å². The molecular weight excluding hydrogens is 434 g/mol. The van der Waals surface area contributed by atoms with Crippen molar-refractivity contribution in [3.63, 3.8) is 0 Å². The van der Waals surface area contributed by atoms with Gasteiger partial charge < -0.3 is 9.55 Å². The van der Waals surface area contributed by atoms with Gasteiger partial charge in [0.1, 0.15) is 17.0 Å². The van der Waals surface area contributed by atoms with Crippen molar-refractivity contribution in [2.45, 2.75) is 38.1 Å². The molecule has 6 nitrogen and oxygen atoms in total. The number of H-pyrrole nitrogens is 1. The topological polar surface area (TPSA) is 87.4 Å². The van der Waals surface area contributed by atoms with Gasteiger partial charge in [0.05, 0.1) is 17.8 Å². The van der Waals surface area contributed by atoms with Gasteiger partial charge in [0.2, 0.25) is 0 Å². The number of nitrogens with zero attached hydrogens (tertiary/aromatic N) is 4. The summed E-state index contributed by atoms with van der Waals surface area (Å²) in [6, 6.07) is 21.8. The second-order valence-corrected chi connectivity index (χ2v) is 9.35. The lowest BCUT2D eigenvalue weighted by atomic mass is 9.84. The number of nitrogens with one attached hydrogen (secondary N) is 1. The molecule has 6 heteroatoms. The third-order valence-electron chi connectivity index (χ3n) is 7.24. The number of fused-ring (bicyclic) bond motifs is 3. The highest BCUT2D eigenvalue weighted by atomic mass is 16.1. The summed E-state index contributed by atoms with van der Waals surface area (Å²) in [5, 5.41) is 10.2. The molecule has 0 bridgehead atoms. The Bertz CT molecular complexity index is 1550. The number of aromatic nitrogens is 4. The highest BCUT2D eigenvalue weighted by molar-refractivity contribution is 6.09. The van der Waals surface area contributed by atoms with Crippen LogP contribution in [0.3, 0.4) is 0 Å². The molecule has 0 radical (unpaired) electrons. The number of carbonyl (C=O) groups is 1. The lowest BCUT2D eigenvalue weighted by molar-refractivity contribution is 0.103. The van der Waals surface area contributed by atoms with E-state index in [1.54, 1.807) is 0 Å². The van der Waals surface area contributed by atoms with E-state index in [0.717, 1.165) is 59.1 Å². The summed E-state index contributed by atoms with van der Waals surface area (Å²) in [7, 11) is 0. The third kappa shape index (κ3) is 3.79. The van der Waals surface area contributed by atoms with Crippen molar-refractivity contribution in [3.05, 3.63) is 84.2 Å². The van der Waals surface area contributed by atoms with Crippen LogP contribution in [-0.4, -0.2) is 25.3 Å². The number of carbonyl (C=O) groups excluding carboxylic acids is 1. The maximum atomic E-state index is 12.9. The monoisotopic (exact) mass is 459 g/mol. The normalized spacial score (nSPS) is 18.0. The molecule has 0 aliphatic heterocycles. The van der Waals surface area contributed by atoms with Crippen LogP contribution in [0.1, 0.15) is 54.1 Å². The Morgan fingerprint density at radius 3 is 2.49 bits per heavy atom. The number of benzene rings is 2. The van der Waals surface area contributed by atoms with E-state index in [9.17, 15) is 4.79 Å². The Labute approximate surface area is 203 Å². The van der Waals surface area contributed by atoms with Crippen LogP contribution in [0.2, 0.25) is 0 Å². The van der Waals surface area contributed by atoms with Crippen molar-refractivity contribution in [2.75, 3.05) is 0 Å². The molecule has 3 aromatic heterocycles. The first-order chi connectivity index (χ1) is 17.2. The standard InChI is InChI=1S/C29H25N5O/c30-16-14-19-6-12-23(13-7-19)34-26-24-15-17-31-28(24)32-18-25(26)33-29(34)22-10-8-21(9-11-22)27(35)20-4-2-1-3-5-20/h1-5,8-11,15,17-19,23H,6-7,12-14H2,(H,31,32). The average molecular weight is 460 g/mol. The lowest BCUT2D eigenvalue weighted by Crippen LogP contribution is -2.19. The summed E-state index contributed by atoms with van der Waals surface area (Å²) in [4.78, 5) is 25.7. The van der Waals surface area contributed by atoms with Crippen LogP contribution in [-0.2, 0) is 0 Å². The van der Waals surface area contributed by atoms with E-state index >= 15 is 0 Å². The summed E-state index contributed by atoms with van der Waals surface area (Å²) in [6.45, 7) is 0. The minimum Gasteiger partial charge on any atom is -0.346 e. The summed E-state index contributed by atoms with van der Waals surface area (Å²) >= 11 is 0. The minimum absolute atomic E-state index is 0.0136. The summed E-state index contributed by atoms with van der Waals surface area (Å²) < 4.78 is 2.38. The van der Waals surface area contributed by atoms with Crippen molar-refractivity contribution in [1.29, 1.82) is 5.26 Å². The second kappa shape index (κ2) is 8.84. The van der Waals surface area contributed by atoms with Gasteiger partial charge >= 0.3 is 0 Å². The Morgan fingerprint density at radius 1 is 1.00 bits per heavy atom. The second-order valence-electron chi connectivity index (χ2n) is 9.35. The number of nitriles is 1. The first kappa shape index (κ1) is 21.3. The number of imidazole rings is 1. The predicted octanol–water partition coefficient (Wildman–Crippen LogP) is 6.46. The van der Waals surface area contributed by atoms with Crippen LogP contribution >= 0.6 is 0 Å². The van der Waals surface area contributed by atoms with E-state index in [-0.39, 0.29) is 5.78 Å². The van der Waals surface area contributed by atoms with E-state index in [4.69, 9.17) is 10.2 Å². The highest BCUT2D eigenvalue weighted by Gasteiger charge is 2.27. The zero-order valence-electron chi connectivity index (χ0n) is 19.3. The number of aromatic amines is 1. The maximum absolute atomic E-state index is 12.9. The van der Waals surface area contributed by atoms with Crippen LogP contribution in [0.5, 0.6) is 0 Å². The van der Waals surface area contributed by atoms with Crippen LogP contribution in [0.25, 0.3) is 33.5 Å². The number of hydrogen-bond donors (Lipinski definition) is 1. The van der Waals surface area contributed by atoms with Gasteiger partial charge in [-0.2, -0.15) is 5.26 Å². The van der Waals surface area contributed by atoms with Crippen molar-refractivity contribution < 1.29 is 4.79 Å². The van der Waals surface area contributed by atoms with Gasteiger partial charge in [-0.05, 0) is 37.7 Å². The van der Waals surface area contributed by atoms with Gasteiger partial charge in [0, 0.05) is 40.7 Å². The van der Waals surface area contributed by atoms with E-state index in [1.807, 2.05) is 67.0 Å². The van der Waals surface area contributed by atoms with Crippen LogP contribution < -0.4 is 0 Å². The van der Waals surface area contributed by atoms with Gasteiger partial charge in [-0.1, -0.05) is 54.6 Å². The van der Waals surface area contributed by atoms with Crippen molar-refractivity contribution in [1.82, 2.24) is 19.5 Å². The number of pyridine rings is 1. The average Bonchev–Trinajstić information content (AvgIpc) is 3.54. The minimum atomic E-state index is 0.0136. The van der Waals surface area contributed by atoms with E-state index in [1.165, 1.54) is 0 Å². The van der Waals surface area contributed by atoms with Crippen molar-refractivity contribution in [2.24, 2.45) is 5.92 Å². The van der Waals surface area contributed by atoms with Crippen molar-refractivity contribution in [3.8, 4) is 17.5 Å². The molecule has 1 fully saturated rings. The molecule has 1 aliphatic carbocycles. The fourth-order valence-electron chi connectivity index (χ4n) is 5.41. The molecule has 172 valence electrons. The fraction of sp³-hybridized carbons (Fsp3) is 0.241. The molecule has 35 heavy (non-hydrogen) atoms. The first-order valence-electron chi connectivity index (χ1n) is 12.1. The molecular formula is C29H25N5O. The molecule has 0 atom stereocenters. The third-order valence-corrected chi connectivity index (χ3v) is 7.24. The molecule has 1 N–H and O–H groups in total. The molecule has 0 amide bonds. The molecule has 1 saturated carbocycles. The quantitative estimate of drug-likeness (QED) is 0.306. The maximum Gasteiger partial charge on any atom is 0.193 e. The van der Waals surface area contributed by atoms with Gasteiger partial charge in [0.15, 0.2) is 5.78 Å². The Hall–Kier alpha value is -4.24. The van der Waals surface area contributed by atoms with Gasteiger partial charge in [-0.3, -0.25) is 4.79 Å². The Balaban J connectivity index is 1.43. The molecule has 5 aromatic rings. The molecule has 6 rings (SSSR count). The number of hydrogen-bond acceptors (Lipinski definition) is 4. The molecule has 3 heterocycles. The van der Waals surface area contributed by atoms with Gasteiger partial charge in [0.25, 0.3) is 0 Å². The Morgan fingerprint density at radius 2 is 1.74 bits per heavy atom. The molecule has 0 spiro atoms. The van der Waals surface area contributed by atoms with E-state index in [0.29, 0.717) is 29.5 Å². The van der Waals surface area contributed by atoms with Gasteiger partial charge in [-0.15, -0.1) is 0 Å². The largest absolute Gasteiger partial charge is 0.346 e.